The Labute approximate surface area is 207 Å². The molecule has 3 aromatic heterocycles. The fourth-order valence-corrected chi connectivity index (χ4v) is 4.27. The highest BCUT2D eigenvalue weighted by Crippen LogP contribution is 2.40. The van der Waals surface area contributed by atoms with Crippen molar-refractivity contribution in [3.05, 3.63) is 77.4 Å². The summed E-state index contributed by atoms with van der Waals surface area (Å²) >= 11 is 0. The van der Waals surface area contributed by atoms with E-state index in [1.54, 1.807) is 41.0 Å². The number of tetrazole rings is 1. The molecule has 3 heterocycles. The van der Waals surface area contributed by atoms with Crippen molar-refractivity contribution < 1.29 is 27.8 Å². The van der Waals surface area contributed by atoms with Crippen LogP contribution in [0, 0.1) is 5.82 Å². The van der Waals surface area contributed by atoms with Crippen LogP contribution in [-0.2, 0) is 12.1 Å². The third kappa shape index (κ3) is 4.12. The quantitative estimate of drug-likeness (QED) is 0.324. The van der Waals surface area contributed by atoms with E-state index in [-0.39, 0.29) is 34.5 Å². The Morgan fingerprint density at radius 1 is 1.11 bits per heavy atom. The van der Waals surface area contributed by atoms with Crippen molar-refractivity contribution in [2.45, 2.75) is 25.7 Å². The topological polar surface area (TPSA) is 124 Å². The number of H-pyrrole nitrogens is 1. The van der Waals surface area contributed by atoms with Crippen LogP contribution in [0.5, 0.6) is 11.6 Å². The zero-order chi connectivity index (χ0) is 26.2. The Morgan fingerprint density at radius 2 is 1.89 bits per heavy atom. The normalized spacial score (nSPS) is 13.2. The molecule has 0 aliphatic rings. The zero-order valence-corrected chi connectivity index (χ0v) is 19.6. The van der Waals surface area contributed by atoms with Crippen molar-refractivity contribution in [1.82, 2.24) is 35.2 Å². The SMILES string of the molecule is CCn1c(C(O)(c2ccccc2)c2ccc(OC(F)F)cc2F)nc2nc(OC)c(-c3nn[nH]n3)cc21. The van der Waals surface area contributed by atoms with Crippen molar-refractivity contribution in [3.63, 3.8) is 0 Å². The van der Waals surface area contributed by atoms with Gasteiger partial charge >= 0.3 is 6.61 Å². The van der Waals surface area contributed by atoms with Gasteiger partial charge in [0.2, 0.25) is 11.7 Å². The summed E-state index contributed by atoms with van der Waals surface area (Å²) < 4.78 is 52.2. The van der Waals surface area contributed by atoms with Crippen LogP contribution in [0.2, 0.25) is 0 Å². The van der Waals surface area contributed by atoms with E-state index in [0.717, 1.165) is 12.1 Å². The van der Waals surface area contributed by atoms with Crippen LogP contribution in [0.3, 0.4) is 0 Å². The lowest BCUT2D eigenvalue weighted by molar-refractivity contribution is -0.0500. The van der Waals surface area contributed by atoms with Gasteiger partial charge in [0, 0.05) is 18.2 Å². The molecule has 2 aromatic carbocycles. The van der Waals surface area contributed by atoms with E-state index >= 15 is 4.39 Å². The Balaban J connectivity index is 1.78. The molecular formula is C24H20F3N7O3. The molecule has 0 bridgehead atoms. The average molecular weight is 511 g/mol. The smallest absolute Gasteiger partial charge is 0.387 e. The van der Waals surface area contributed by atoms with Gasteiger partial charge in [0.25, 0.3) is 0 Å². The van der Waals surface area contributed by atoms with Gasteiger partial charge < -0.3 is 19.1 Å². The number of aliphatic hydroxyl groups is 1. The molecule has 0 saturated heterocycles. The third-order valence-electron chi connectivity index (χ3n) is 5.87. The number of methoxy groups -OCH3 is 1. The fourth-order valence-electron chi connectivity index (χ4n) is 4.27. The van der Waals surface area contributed by atoms with Crippen LogP contribution < -0.4 is 9.47 Å². The maximum atomic E-state index is 15.4. The van der Waals surface area contributed by atoms with Crippen LogP contribution in [-0.4, -0.2) is 54.0 Å². The van der Waals surface area contributed by atoms with E-state index in [1.165, 1.54) is 13.2 Å². The number of pyridine rings is 1. The molecule has 13 heteroatoms. The highest BCUT2D eigenvalue weighted by atomic mass is 19.3. The predicted molar refractivity (Wildman–Crippen MR) is 125 cm³/mol. The van der Waals surface area contributed by atoms with E-state index in [4.69, 9.17) is 4.74 Å². The number of aryl methyl sites for hydroxylation is 1. The average Bonchev–Trinajstić information content (AvgIpc) is 3.55. The predicted octanol–water partition coefficient (Wildman–Crippen LogP) is 3.66. The molecule has 190 valence electrons. The van der Waals surface area contributed by atoms with Crippen LogP contribution in [0.15, 0.2) is 54.6 Å². The first-order valence-electron chi connectivity index (χ1n) is 11.1. The zero-order valence-electron chi connectivity index (χ0n) is 19.6. The number of nitrogens with zero attached hydrogens (tertiary/aromatic N) is 6. The molecule has 0 radical (unpaired) electrons. The van der Waals surface area contributed by atoms with E-state index in [9.17, 15) is 13.9 Å². The maximum absolute atomic E-state index is 15.4. The standard InChI is InChI=1S/C24H20F3N7O3/c1-3-34-18-12-15(19-30-32-33-31-19)21(36-2)28-20(18)29-22(34)24(35,13-7-5-4-6-8-13)16-10-9-14(11-17(16)25)37-23(26)27/h4-12,23,35H,3H2,1-2H3,(H,30,31,32,33). The van der Waals surface area contributed by atoms with E-state index in [1.807, 2.05) is 6.92 Å². The van der Waals surface area contributed by atoms with E-state index in [2.05, 4.69) is 35.3 Å². The summed E-state index contributed by atoms with van der Waals surface area (Å²) in [6.45, 7) is -0.990. The number of imidazole rings is 1. The Bertz CT molecular complexity index is 1540. The largest absolute Gasteiger partial charge is 0.480 e. The molecule has 0 saturated carbocycles. The van der Waals surface area contributed by atoms with Crippen LogP contribution in [0.1, 0.15) is 23.9 Å². The molecule has 37 heavy (non-hydrogen) atoms. The number of aromatic amines is 1. The summed E-state index contributed by atoms with van der Waals surface area (Å²) in [6.07, 6.45) is 0. The summed E-state index contributed by atoms with van der Waals surface area (Å²) in [4.78, 5) is 9.06. The van der Waals surface area contributed by atoms with Crippen molar-refractivity contribution >= 4 is 11.2 Å². The monoisotopic (exact) mass is 511 g/mol. The van der Waals surface area contributed by atoms with Crippen molar-refractivity contribution in [2.24, 2.45) is 0 Å². The third-order valence-corrected chi connectivity index (χ3v) is 5.87. The highest BCUT2D eigenvalue weighted by Gasteiger charge is 2.41. The van der Waals surface area contributed by atoms with Gasteiger partial charge in [-0.15, -0.1) is 10.2 Å². The molecule has 10 nitrogen and oxygen atoms in total. The van der Waals surface area contributed by atoms with Crippen LogP contribution in [0.25, 0.3) is 22.6 Å². The van der Waals surface area contributed by atoms with Gasteiger partial charge in [0.15, 0.2) is 17.1 Å². The number of benzene rings is 2. The molecule has 0 aliphatic heterocycles. The summed E-state index contributed by atoms with van der Waals surface area (Å²) in [7, 11) is 1.42. The molecule has 2 N–H and O–H groups in total. The second-order valence-electron chi connectivity index (χ2n) is 7.90. The number of ether oxygens (including phenoxy) is 2. The van der Waals surface area contributed by atoms with Gasteiger partial charge in [0.1, 0.15) is 11.6 Å². The number of aromatic nitrogens is 7. The Hall–Kier alpha value is -4.52. The van der Waals surface area contributed by atoms with Crippen molar-refractivity contribution in [1.29, 1.82) is 0 Å². The number of hydrogen-bond donors (Lipinski definition) is 2. The minimum atomic E-state index is -3.13. The first kappa shape index (κ1) is 24.2. The Kier molecular flexibility index (Phi) is 6.21. The summed E-state index contributed by atoms with van der Waals surface area (Å²) in [5.74, 6) is -0.888. The highest BCUT2D eigenvalue weighted by molar-refractivity contribution is 5.81. The molecule has 5 aromatic rings. The molecule has 1 unspecified atom stereocenters. The van der Waals surface area contributed by atoms with Gasteiger partial charge in [-0.2, -0.15) is 19.0 Å². The maximum Gasteiger partial charge on any atom is 0.387 e. The minimum Gasteiger partial charge on any atom is -0.480 e. The van der Waals surface area contributed by atoms with Gasteiger partial charge in [-0.05, 0) is 35.9 Å². The molecule has 0 spiro atoms. The van der Waals surface area contributed by atoms with Crippen LogP contribution >= 0.6 is 0 Å². The number of fused-ring (bicyclic) bond motifs is 1. The number of halogens is 3. The molecular weight excluding hydrogens is 491 g/mol. The van der Waals surface area contributed by atoms with Crippen molar-refractivity contribution in [3.8, 4) is 23.0 Å². The van der Waals surface area contributed by atoms with E-state index < -0.39 is 18.0 Å². The van der Waals surface area contributed by atoms with Crippen LogP contribution in [0.4, 0.5) is 13.2 Å². The molecule has 0 fully saturated rings. The molecule has 5 rings (SSSR count). The second kappa shape index (κ2) is 9.50. The Morgan fingerprint density at radius 3 is 2.51 bits per heavy atom. The lowest BCUT2D eigenvalue weighted by atomic mass is 9.85. The molecule has 0 amide bonds. The van der Waals surface area contributed by atoms with E-state index in [0.29, 0.717) is 23.2 Å². The lowest BCUT2D eigenvalue weighted by Gasteiger charge is -2.30. The summed E-state index contributed by atoms with van der Waals surface area (Å²) in [6, 6.07) is 13.2. The number of rotatable bonds is 8. The second-order valence-corrected chi connectivity index (χ2v) is 7.90. The first-order chi connectivity index (χ1) is 17.9. The molecule has 0 aliphatic carbocycles. The van der Waals surface area contributed by atoms with Gasteiger partial charge in [-0.1, -0.05) is 30.3 Å². The van der Waals surface area contributed by atoms with Gasteiger partial charge in [-0.3, -0.25) is 0 Å². The van der Waals surface area contributed by atoms with Gasteiger partial charge in [-0.25, -0.2) is 9.37 Å². The number of hydrogen-bond acceptors (Lipinski definition) is 8. The minimum absolute atomic E-state index is 0.0532. The summed E-state index contributed by atoms with van der Waals surface area (Å²) in [5, 5.41) is 26.2. The van der Waals surface area contributed by atoms with Crippen molar-refractivity contribution in [2.75, 3.05) is 7.11 Å². The fraction of sp³-hybridized carbons (Fsp3) is 0.208. The van der Waals surface area contributed by atoms with Gasteiger partial charge in [0.05, 0.1) is 18.2 Å². The summed E-state index contributed by atoms with van der Waals surface area (Å²) in [5.41, 5.74) is -0.917. The number of nitrogens with one attached hydrogen (secondary N) is 1. The first-order valence-corrected chi connectivity index (χ1v) is 11.1. The molecule has 1 atom stereocenters. The lowest BCUT2D eigenvalue weighted by Crippen LogP contribution is -2.33. The number of alkyl halides is 2.